The highest BCUT2D eigenvalue weighted by Crippen LogP contribution is 2.33. The number of rotatable bonds is 6. The predicted molar refractivity (Wildman–Crippen MR) is 104 cm³/mol. The molecular formula is C21H20FNO2S. The van der Waals surface area contributed by atoms with Gasteiger partial charge in [-0.25, -0.2) is 9.87 Å². The van der Waals surface area contributed by atoms with Gasteiger partial charge in [-0.2, -0.15) is 0 Å². The van der Waals surface area contributed by atoms with Crippen molar-refractivity contribution in [1.29, 1.82) is 0 Å². The number of carbonyl (C=O) groups excluding carboxylic acids is 1. The molecule has 0 fully saturated rings. The molecule has 3 rings (SSSR count). The molecule has 0 aliphatic carbocycles. The van der Waals surface area contributed by atoms with Gasteiger partial charge in [0.25, 0.3) is 0 Å². The molecule has 1 amide bonds. The molecule has 1 aromatic heterocycles. The molecule has 0 saturated heterocycles. The van der Waals surface area contributed by atoms with Crippen LogP contribution in [0.4, 0.5) is 4.39 Å². The van der Waals surface area contributed by atoms with Gasteiger partial charge in [-0.15, -0.1) is 11.3 Å². The van der Waals surface area contributed by atoms with Crippen LogP contribution in [0.3, 0.4) is 0 Å². The van der Waals surface area contributed by atoms with E-state index in [1.165, 1.54) is 10.8 Å². The first kappa shape index (κ1) is 18.3. The Bertz CT molecular complexity index is 929. The molecule has 0 atom stereocenters. The number of carbonyl (C=O) groups is 1. The lowest BCUT2D eigenvalue weighted by atomic mass is 10.0. The van der Waals surface area contributed by atoms with Crippen LogP contribution in [-0.4, -0.2) is 11.1 Å². The second kappa shape index (κ2) is 8.25. The molecule has 134 valence electrons. The fourth-order valence-electron chi connectivity index (χ4n) is 2.88. The van der Waals surface area contributed by atoms with E-state index in [0.717, 1.165) is 21.4 Å². The first-order valence-electron chi connectivity index (χ1n) is 8.43. The van der Waals surface area contributed by atoms with Gasteiger partial charge in [0, 0.05) is 16.0 Å². The molecule has 0 spiro atoms. The van der Waals surface area contributed by atoms with E-state index in [0.29, 0.717) is 18.4 Å². The maximum Gasteiger partial charge on any atom is 0.243 e. The van der Waals surface area contributed by atoms with Crippen molar-refractivity contribution in [2.24, 2.45) is 0 Å². The number of fused-ring (bicyclic) bond motifs is 1. The standard InChI is InChI=1S/C21H20FNO2S/c1-14-15(6-4-7-18(14)22)9-10-16(11-12-21(24)23-25)20-13-17-5-2-3-8-19(17)26-20/h2-8,10,13,25H,9,11-12H2,1H3,(H,23,24)/b16-10+. The van der Waals surface area contributed by atoms with Gasteiger partial charge in [0.05, 0.1) is 0 Å². The highest BCUT2D eigenvalue weighted by atomic mass is 32.1. The Balaban J connectivity index is 1.91. The molecule has 1 heterocycles. The fourth-order valence-corrected chi connectivity index (χ4v) is 4.01. The summed E-state index contributed by atoms with van der Waals surface area (Å²) in [5.74, 6) is -0.627. The number of halogens is 1. The Morgan fingerprint density at radius 3 is 2.77 bits per heavy atom. The zero-order valence-corrected chi connectivity index (χ0v) is 15.3. The third kappa shape index (κ3) is 4.18. The zero-order valence-electron chi connectivity index (χ0n) is 14.5. The number of amides is 1. The first-order chi connectivity index (χ1) is 12.6. The van der Waals surface area contributed by atoms with Crippen LogP contribution < -0.4 is 5.48 Å². The molecule has 2 N–H and O–H groups in total. The number of allylic oxidation sites excluding steroid dienone is 2. The van der Waals surface area contributed by atoms with E-state index >= 15 is 0 Å². The van der Waals surface area contributed by atoms with Crippen molar-refractivity contribution in [3.8, 4) is 0 Å². The van der Waals surface area contributed by atoms with Crippen molar-refractivity contribution in [2.45, 2.75) is 26.2 Å². The van der Waals surface area contributed by atoms with Crippen molar-refractivity contribution in [1.82, 2.24) is 5.48 Å². The summed E-state index contributed by atoms with van der Waals surface area (Å²) in [5.41, 5.74) is 4.27. The smallest absolute Gasteiger partial charge is 0.243 e. The number of benzene rings is 2. The Hall–Kier alpha value is -2.50. The van der Waals surface area contributed by atoms with Gasteiger partial charge in [0.1, 0.15) is 5.82 Å². The van der Waals surface area contributed by atoms with E-state index in [-0.39, 0.29) is 12.2 Å². The van der Waals surface area contributed by atoms with Crippen molar-refractivity contribution in [3.63, 3.8) is 0 Å². The normalized spacial score (nSPS) is 11.7. The van der Waals surface area contributed by atoms with Gasteiger partial charge in [0.2, 0.25) is 5.91 Å². The van der Waals surface area contributed by atoms with Crippen molar-refractivity contribution in [2.75, 3.05) is 0 Å². The summed E-state index contributed by atoms with van der Waals surface area (Å²) in [4.78, 5) is 12.5. The number of hydrogen-bond donors (Lipinski definition) is 2. The third-order valence-corrected chi connectivity index (χ3v) is 5.63. The van der Waals surface area contributed by atoms with Crippen molar-refractivity contribution < 1.29 is 14.4 Å². The minimum Gasteiger partial charge on any atom is -0.289 e. The van der Waals surface area contributed by atoms with Gasteiger partial charge in [-0.05, 0) is 60.1 Å². The van der Waals surface area contributed by atoms with Crippen LogP contribution in [0.2, 0.25) is 0 Å². The van der Waals surface area contributed by atoms with Gasteiger partial charge < -0.3 is 0 Å². The fraction of sp³-hybridized carbons (Fsp3) is 0.190. The monoisotopic (exact) mass is 369 g/mol. The molecule has 26 heavy (non-hydrogen) atoms. The lowest BCUT2D eigenvalue weighted by Crippen LogP contribution is -2.17. The summed E-state index contributed by atoms with van der Waals surface area (Å²) in [5, 5.41) is 9.91. The number of hydroxylamine groups is 1. The summed E-state index contributed by atoms with van der Waals surface area (Å²) >= 11 is 1.67. The lowest BCUT2D eigenvalue weighted by molar-refractivity contribution is -0.129. The first-order valence-corrected chi connectivity index (χ1v) is 9.25. The zero-order chi connectivity index (χ0) is 18.5. The van der Waals surface area contributed by atoms with Crippen LogP contribution >= 0.6 is 11.3 Å². The molecule has 3 aromatic rings. The Labute approximate surface area is 155 Å². The van der Waals surface area contributed by atoms with E-state index in [1.54, 1.807) is 29.8 Å². The third-order valence-electron chi connectivity index (χ3n) is 4.44. The van der Waals surface area contributed by atoms with Crippen LogP contribution in [0, 0.1) is 12.7 Å². The Kier molecular flexibility index (Phi) is 5.81. The summed E-state index contributed by atoms with van der Waals surface area (Å²) in [6.45, 7) is 1.77. The average Bonchev–Trinajstić information content (AvgIpc) is 3.08. The van der Waals surface area contributed by atoms with Crippen molar-refractivity contribution >= 4 is 32.9 Å². The molecule has 0 saturated carbocycles. The minimum absolute atomic E-state index is 0.193. The number of hydrogen-bond acceptors (Lipinski definition) is 3. The molecular weight excluding hydrogens is 349 g/mol. The largest absolute Gasteiger partial charge is 0.289 e. The maximum absolute atomic E-state index is 13.8. The second-order valence-electron chi connectivity index (χ2n) is 6.14. The molecule has 0 unspecified atom stereocenters. The second-order valence-corrected chi connectivity index (χ2v) is 7.22. The van der Waals surface area contributed by atoms with E-state index in [9.17, 15) is 9.18 Å². The van der Waals surface area contributed by atoms with Crippen LogP contribution in [0.25, 0.3) is 15.7 Å². The quantitative estimate of drug-likeness (QED) is 0.460. The topological polar surface area (TPSA) is 49.3 Å². The molecule has 0 aliphatic heterocycles. The van der Waals surface area contributed by atoms with Crippen molar-refractivity contribution in [3.05, 3.63) is 76.4 Å². The Morgan fingerprint density at radius 1 is 1.19 bits per heavy atom. The molecule has 0 radical (unpaired) electrons. The highest BCUT2D eigenvalue weighted by molar-refractivity contribution is 7.20. The molecule has 0 bridgehead atoms. The SMILES string of the molecule is Cc1c(F)cccc1C/C=C(\CCC(=O)NO)c1cc2ccccc2s1. The molecule has 2 aromatic carbocycles. The summed E-state index contributed by atoms with van der Waals surface area (Å²) in [6.07, 6.45) is 3.34. The van der Waals surface area contributed by atoms with E-state index in [2.05, 4.69) is 24.3 Å². The van der Waals surface area contributed by atoms with E-state index in [1.807, 2.05) is 18.2 Å². The predicted octanol–water partition coefficient (Wildman–Crippen LogP) is 5.26. The van der Waals surface area contributed by atoms with Crippen LogP contribution in [0.5, 0.6) is 0 Å². The van der Waals surface area contributed by atoms with Crippen LogP contribution in [0.15, 0.2) is 54.6 Å². The Morgan fingerprint density at radius 2 is 2.00 bits per heavy atom. The van der Waals surface area contributed by atoms with E-state index in [4.69, 9.17) is 5.21 Å². The van der Waals surface area contributed by atoms with Gasteiger partial charge in [-0.3, -0.25) is 10.0 Å². The highest BCUT2D eigenvalue weighted by Gasteiger charge is 2.10. The summed E-state index contributed by atoms with van der Waals surface area (Å²) in [6, 6.07) is 15.3. The molecule has 5 heteroatoms. The number of nitrogens with one attached hydrogen (secondary N) is 1. The lowest BCUT2D eigenvalue weighted by Gasteiger charge is -2.07. The van der Waals surface area contributed by atoms with Gasteiger partial charge in [0.15, 0.2) is 0 Å². The summed E-state index contributed by atoms with van der Waals surface area (Å²) in [7, 11) is 0. The summed E-state index contributed by atoms with van der Waals surface area (Å²) < 4.78 is 14.9. The maximum atomic E-state index is 13.8. The van der Waals surface area contributed by atoms with Gasteiger partial charge >= 0.3 is 0 Å². The molecule has 3 nitrogen and oxygen atoms in total. The van der Waals surface area contributed by atoms with E-state index < -0.39 is 5.91 Å². The molecule has 0 aliphatic rings. The minimum atomic E-state index is -0.418. The average molecular weight is 369 g/mol. The number of thiophene rings is 1. The van der Waals surface area contributed by atoms with Crippen LogP contribution in [-0.2, 0) is 11.2 Å². The van der Waals surface area contributed by atoms with Gasteiger partial charge in [-0.1, -0.05) is 36.4 Å². The van der Waals surface area contributed by atoms with Crippen LogP contribution in [0.1, 0.15) is 28.8 Å².